The molecule has 0 atom stereocenters. The Labute approximate surface area is 51.6 Å². The molecule has 0 saturated heterocycles. The summed E-state index contributed by atoms with van der Waals surface area (Å²) in [6.07, 6.45) is 2.66. The summed E-state index contributed by atoms with van der Waals surface area (Å²) in [6.45, 7) is 6.61. The molecule has 0 unspecified atom stereocenters. The molecule has 1 radical (unpaired) electrons. The van der Waals surface area contributed by atoms with E-state index < -0.39 is 0 Å². The minimum absolute atomic E-state index is 1.33. The topological polar surface area (TPSA) is 0 Å². The van der Waals surface area contributed by atoms with E-state index in [1.165, 1.54) is 18.8 Å². The molecule has 0 amide bonds. The van der Waals surface area contributed by atoms with Gasteiger partial charge in [0.1, 0.15) is 0 Å². The number of hydrogen-bond donors (Lipinski definition) is 0. The lowest BCUT2D eigenvalue weighted by Crippen LogP contribution is -2.05. The lowest BCUT2D eigenvalue weighted by Gasteiger charge is -2.23. The van der Waals surface area contributed by atoms with Gasteiger partial charge in [-0.05, 0) is 25.7 Å². The minimum atomic E-state index is 1.33. The van der Waals surface area contributed by atoms with Gasteiger partial charge in [0, 0.05) is 0 Å². The molecule has 0 N–H and O–H groups in total. The van der Waals surface area contributed by atoms with Gasteiger partial charge in [0.15, 0.2) is 0 Å². The van der Waals surface area contributed by atoms with Crippen LogP contribution in [0.4, 0.5) is 0 Å². The quantitative estimate of drug-likeness (QED) is 0.485. The molecule has 0 nitrogen and oxygen atoms in total. The third kappa shape index (κ3) is 0.795. The molecule has 0 fully saturated rings. The summed E-state index contributed by atoms with van der Waals surface area (Å²) in [5.41, 5.74) is 3.22. The van der Waals surface area contributed by atoms with Crippen LogP contribution in [0.2, 0.25) is 0 Å². The van der Waals surface area contributed by atoms with Crippen LogP contribution in [0.15, 0.2) is 11.1 Å². The summed E-state index contributed by atoms with van der Waals surface area (Å²) in [6, 6.07) is 0. The zero-order valence-electron chi connectivity index (χ0n) is 5.91. The van der Waals surface area contributed by atoms with Gasteiger partial charge < -0.3 is 0 Å². The van der Waals surface area contributed by atoms with E-state index in [2.05, 4.69) is 20.8 Å². The van der Waals surface area contributed by atoms with Gasteiger partial charge >= 0.3 is 0 Å². The van der Waals surface area contributed by atoms with Gasteiger partial charge in [-0.1, -0.05) is 25.0 Å². The highest BCUT2D eigenvalue weighted by Crippen LogP contribution is 2.33. The SMILES string of the molecule is C[C](C)C1=C(C)CC1. The maximum absolute atomic E-state index is 2.23. The summed E-state index contributed by atoms with van der Waals surface area (Å²) in [4.78, 5) is 0. The van der Waals surface area contributed by atoms with Crippen LogP contribution < -0.4 is 0 Å². The Morgan fingerprint density at radius 1 is 1.25 bits per heavy atom. The zero-order valence-corrected chi connectivity index (χ0v) is 5.91. The van der Waals surface area contributed by atoms with Crippen molar-refractivity contribution in [2.75, 3.05) is 0 Å². The van der Waals surface area contributed by atoms with Gasteiger partial charge in [-0.3, -0.25) is 0 Å². The van der Waals surface area contributed by atoms with E-state index in [1.54, 1.807) is 11.1 Å². The highest BCUT2D eigenvalue weighted by molar-refractivity contribution is 5.33. The smallest absolute Gasteiger partial charge is 0.00536 e. The Kier molecular flexibility index (Phi) is 1.41. The van der Waals surface area contributed by atoms with Crippen molar-refractivity contribution in [3.63, 3.8) is 0 Å². The maximum atomic E-state index is 2.23. The standard InChI is InChI=1S/C8H13/c1-6(2)8-5-4-7(8)3/h4-5H2,1-3H3. The van der Waals surface area contributed by atoms with Crippen molar-refractivity contribution < 1.29 is 0 Å². The summed E-state index contributed by atoms with van der Waals surface area (Å²) in [7, 11) is 0. The van der Waals surface area contributed by atoms with E-state index in [9.17, 15) is 0 Å². The van der Waals surface area contributed by atoms with E-state index in [0.29, 0.717) is 0 Å². The molecule has 0 bridgehead atoms. The van der Waals surface area contributed by atoms with Crippen molar-refractivity contribution in [1.29, 1.82) is 0 Å². The summed E-state index contributed by atoms with van der Waals surface area (Å²) < 4.78 is 0. The first kappa shape index (κ1) is 5.87. The summed E-state index contributed by atoms with van der Waals surface area (Å²) in [5.74, 6) is 1.51. The zero-order chi connectivity index (χ0) is 6.15. The Bertz CT molecular complexity index is 118. The Morgan fingerprint density at radius 3 is 1.88 bits per heavy atom. The fraction of sp³-hybridized carbons (Fsp3) is 0.625. The van der Waals surface area contributed by atoms with Gasteiger partial charge in [-0.25, -0.2) is 0 Å². The molecule has 0 heteroatoms. The lowest BCUT2D eigenvalue weighted by molar-refractivity contribution is 0.771. The van der Waals surface area contributed by atoms with Crippen LogP contribution >= 0.6 is 0 Å². The van der Waals surface area contributed by atoms with Crippen molar-refractivity contribution in [3.05, 3.63) is 17.1 Å². The molecule has 1 aliphatic rings. The van der Waals surface area contributed by atoms with Crippen LogP contribution in [-0.2, 0) is 0 Å². The molecular formula is C8H13. The maximum Gasteiger partial charge on any atom is -0.00536 e. The predicted octanol–water partition coefficient (Wildman–Crippen LogP) is 2.71. The molecule has 8 heavy (non-hydrogen) atoms. The molecule has 1 aliphatic carbocycles. The van der Waals surface area contributed by atoms with Gasteiger partial charge in [0.05, 0.1) is 0 Å². The number of allylic oxidation sites excluding steroid dienone is 2. The molecule has 1 rings (SSSR count). The van der Waals surface area contributed by atoms with Crippen LogP contribution in [0, 0.1) is 5.92 Å². The Hall–Kier alpha value is -0.260. The van der Waals surface area contributed by atoms with Gasteiger partial charge in [-0.15, -0.1) is 0 Å². The van der Waals surface area contributed by atoms with E-state index in [0.717, 1.165) is 0 Å². The third-order valence-corrected chi connectivity index (χ3v) is 1.87. The van der Waals surface area contributed by atoms with Crippen molar-refractivity contribution in [1.82, 2.24) is 0 Å². The highest BCUT2D eigenvalue weighted by Gasteiger charge is 2.15. The van der Waals surface area contributed by atoms with Crippen LogP contribution in [-0.4, -0.2) is 0 Å². The molecule has 45 valence electrons. The van der Waals surface area contributed by atoms with E-state index in [1.807, 2.05) is 0 Å². The first-order valence-corrected chi connectivity index (χ1v) is 3.21. The van der Waals surface area contributed by atoms with Crippen LogP contribution in [0.25, 0.3) is 0 Å². The Morgan fingerprint density at radius 2 is 1.88 bits per heavy atom. The van der Waals surface area contributed by atoms with Crippen molar-refractivity contribution in [3.8, 4) is 0 Å². The summed E-state index contributed by atoms with van der Waals surface area (Å²) >= 11 is 0. The molecule has 0 aromatic carbocycles. The average molecular weight is 109 g/mol. The molecule has 0 aliphatic heterocycles. The predicted molar refractivity (Wildman–Crippen MR) is 36.5 cm³/mol. The van der Waals surface area contributed by atoms with Crippen molar-refractivity contribution in [2.24, 2.45) is 0 Å². The lowest BCUT2D eigenvalue weighted by atomic mass is 9.83. The second kappa shape index (κ2) is 1.93. The van der Waals surface area contributed by atoms with Gasteiger partial charge in [-0.2, -0.15) is 0 Å². The highest BCUT2D eigenvalue weighted by atomic mass is 14.2. The molecule has 0 heterocycles. The molecule has 0 spiro atoms. The van der Waals surface area contributed by atoms with Gasteiger partial charge in [0.25, 0.3) is 0 Å². The first-order valence-electron chi connectivity index (χ1n) is 3.21. The molecule has 0 aromatic rings. The fourth-order valence-corrected chi connectivity index (χ4v) is 1.18. The van der Waals surface area contributed by atoms with E-state index >= 15 is 0 Å². The Balaban J connectivity index is 2.59. The van der Waals surface area contributed by atoms with Crippen LogP contribution in [0.1, 0.15) is 33.6 Å². The second-order valence-corrected chi connectivity index (χ2v) is 2.76. The van der Waals surface area contributed by atoms with Gasteiger partial charge in [0.2, 0.25) is 0 Å². The molecular weight excluding hydrogens is 96.1 g/mol. The normalized spacial score (nSPS) is 19.5. The monoisotopic (exact) mass is 109 g/mol. The average Bonchev–Trinajstić information content (AvgIpc) is 1.61. The molecule has 0 saturated carbocycles. The number of rotatable bonds is 1. The van der Waals surface area contributed by atoms with Crippen LogP contribution in [0.3, 0.4) is 0 Å². The minimum Gasteiger partial charge on any atom is -0.0732 e. The van der Waals surface area contributed by atoms with Crippen molar-refractivity contribution in [2.45, 2.75) is 33.6 Å². The van der Waals surface area contributed by atoms with Crippen LogP contribution in [0.5, 0.6) is 0 Å². The van der Waals surface area contributed by atoms with E-state index in [4.69, 9.17) is 0 Å². The second-order valence-electron chi connectivity index (χ2n) is 2.76. The molecule has 0 aromatic heterocycles. The summed E-state index contributed by atoms with van der Waals surface area (Å²) in [5, 5.41) is 0. The van der Waals surface area contributed by atoms with E-state index in [-0.39, 0.29) is 0 Å². The van der Waals surface area contributed by atoms with Crippen molar-refractivity contribution >= 4 is 0 Å². The fourth-order valence-electron chi connectivity index (χ4n) is 1.18. The number of hydrogen-bond acceptors (Lipinski definition) is 0. The first-order chi connectivity index (χ1) is 3.72. The largest absolute Gasteiger partial charge is 0.0732 e. The third-order valence-electron chi connectivity index (χ3n) is 1.87.